The van der Waals surface area contributed by atoms with Crippen LogP contribution in [0, 0.1) is 0 Å². The highest BCUT2D eigenvalue weighted by molar-refractivity contribution is 5.94. The van der Waals surface area contributed by atoms with Crippen LogP contribution in [0.4, 0.5) is 0 Å². The zero-order chi connectivity index (χ0) is 14.4. The number of aromatic nitrogens is 1. The first kappa shape index (κ1) is 13.8. The van der Waals surface area contributed by atoms with Gasteiger partial charge in [-0.3, -0.25) is 14.6 Å². The number of amides is 1. The molecule has 1 N–H and O–H groups in total. The highest BCUT2D eigenvalue weighted by atomic mass is 16.5. The van der Waals surface area contributed by atoms with Gasteiger partial charge in [0.1, 0.15) is 6.26 Å². The molecule has 6 heteroatoms. The first-order valence-electron chi connectivity index (χ1n) is 6.00. The average Bonchev–Trinajstić information content (AvgIpc) is 3.01. The highest BCUT2D eigenvalue weighted by Gasteiger charge is 2.20. The standard InChI is InChI=1S/C14H14N2O4/c1-19-13(17)8-12(10-2-5-15-6-3-10)16-14(18)11-4-7-20-9-11/h2-7,9,12H,8H2,1H3,(H,16,18)/t12-/m0/s1. The molecule has 1 amide bonds. The molecule has 0 saturated carbocycles. The van der Waals surface area contributed by atoms with Crippen LogP contribution in [0.15, 0.2) is 47.5 Å². The Labute approximate surface area is 115 Å². The van der Waals surface area contributed by atoms with Crippen LogP contribution in [0.5, 0.6) is 0 Å². The average molecular weight is 274 g/mol. The molecule has 6 nitrogen and oxygen atoms in total. The van der Waals surface area contributed by atoms with Crippen LogP contribution < -0.4 is 5.32 Å². The number of ether oxygens (including phenoxy) is 1. The highest BCUT2D eigenvalue weighted by Crippen LogP contribution is 2.17. The number of hydrogen-bond donors (Lipinski definition) is 1. The minimum absolute atomic E-state index is 0.0457. The molecule has 2 aromatic heterocycles. The van der Waals surface area contributed by atoms with Crippen LogP contribution >= 0.6 is 0 Å². The number of esters is 1. The van der Waals surface area contributed by atoms with E-state index in [9.17, 15) is 9.59 Å². The molecular weight excluding hydrogens is 260 g/mol. The molecule has 2 aromatic rings. The lowest BCUT2D eigenvalue weighted by Crippen LogP contribution is -2.30. The SMILES string of the molecule is COC(=O)C[C@H](NC(=O)c1ccoc1)c1ccncc1. The minimum atomic E-state index is -0.479. The van der Waals surface area contributed by atoms with Gasteiger partial charge in [-0.15, -0.1) is 0 Å². The Morgan fingerprint density at radius 1 is 1.35 bits per heavy atom. The summed E-state index contributed by atoms with van der Waals surface area (Å²) >= 11 is 0. The molecule has 0 aliphatic carbocycles. The van der Waals surface area contributed by atoms with Gasteiger partial charge in [-0.05, 0) is 23.8 Å². The smallest absolute Gasteiger partial charge is 0.307 e. The van der Waals surface area contributed by atoms with E-state index in [0.29, 0.717) is 5.56 Å². The van der Waals surface area contributed by atoms with Crippen LogP contribution in [0.3, 0.4) is 0 Å². The Morgan fingerprint density at radius 3 is 2.70 bits per heavy atom. The van der Waals surface area contributed by atoms with Gasteiger partial charge in [-0.25, -0.2) is 0 Å². The summed E-state index contributed by atoms with van der Waals surface area (Å²) in [5.74, 6) is -0.719. The number of carbonyl (C=O) groups excluding carboxylic acids is 2. The number of hydrogen-bond acceptors (Lipinski definition) is 5. The number of furan rings is 1. The summed E-state index contributed by atoms with van der Waals surface area (Å²) in [5.41, 5.74) is 1.18. The Bertz CT molecular complexity index is 566. The quantitative estimate of drug-likeness (QED) is 0.839. The molecule has 0 saturated heterocycles. The van der Waals surface area contributed by atoms with E-state index < -0.39 is 12.0 Å². The summed E-state index contributed by atoms with van der Waals surface area (Å²) in [6.07, 6.45) is 6.01. The summed E-state index contributed by atoms with van der Waals surface area (Å²) < 4.78 is 9.51. The van der Waals surface area contributed by atoms with Gasteiger partial charge in [-0.1, -0.05) is 0 Å². The van der Waals surface area contributed by atoms with Gasteiger partial charge >= 0.3 is 5.97 Å². The lowest BCUT2D eigenvalue weighted by atomic mass is 10.0. The van der Waals surface area contributed by atoms with E-state index in [2.05, 4.69) is 15.0 Å². The topological polar surface area (TPSA) is 81.4 Å². The summed E-state index contributed by atoms with van der Waals surface area (Å²) in [7, 11) is 1.31. The second-order valence-electron chi connectivity index (χ2n) is 4.10. The fourth-order valence-corrected chi connectivity index (χ4v) is 1.73. The van der Waals surface area contributed by atoms with Crippen LogP contribution in [-0.4, -0.2) is 24.0 Å². The molecule has 0 aliphatic heterocycles. The lowest BCUT2D eigenvalue weighted by Gasteiger charge is -2.17. The molecule has 0 bridgehead atoms. The Kier molecular flexibility index (Phi) is 4.49. The lowest BCUT2D eigenvalue weighted by molar-refractivity contribution is -0.141. The van der Waals surface area contributed by atoms with Gasteiger partial charge in [0.2, 0.25) is 0 Å². The van der Waals surface area contributed by atoms with E-state index in [1.165, 1.54) is 19.6 Å². The molecule has 0 aliphatic rings. The van der Waals surface area contributed by atoms with Gasteiger partial charge in [-0.2, -0.15) is 0 Å². The number of methoxy groups -OCH3 is 1. The second kappa shape index (κ2) is 6.51. The van der Waals surface area contributed by atoms with Crippen molar-refractivity contribution >= 4 is 11.9 Å². The summed E-state index contributed by atoms with van der Waals surface area (Å²) in [6, 6.07) is 4.55. The normalized spacial score (nSPS) is 11.7. The molecule has 0 fully saturated rings. The van der Waals surface area contributed by atoms with E-state index in [-0.39, 0.29) is 12.3 Å². The monoisotopic (exact) mass is 274 g/mol. The van der Waals surface area contributed by atoms with Crippen molar-refractivity contribution in [1.82, 2.24) is 10.3 Å². The molecule has 104 valence electrons. The van der Waals surface area contributed by atoms with E-state index in [1.807, 2.05) is 0 Å². The molecule has 20 heavy (non-hydrogen) atoms. The maximum atomic E-state index is 12.0. The summed E-state index contributed by atoms with van der Waals surface area (Å²) in [4.78, 5) is 27.4. The largest absolute Gasteiger partial charge is 0.472 e. The van der Waals surface area contributed by atoms with Gasteiger partial charge in [0.05, 0.1) is 31.4 Å². The van der Waals surface area contributed by atoms with Crippen molar-refractivity contribution in [3.63, 3.8) is 0 Å². The fourth-order valence-electron chi connectivity index (χ4n) is 1.73. The van der Waals surface area contributed by atoms with E-state index in [0.717, 1.165) is 5.56 Å². The molecule has 0 radical (unpaired) electrons. The maximum Gasteiger partial charge on any atom is 0.307 e. The van der Waals surface area contributed by atoms with Crippen molar-refractivity contribution < 1.29 is 18.7 Å². The van der Waals surface area contributed by atoms with Crippen molar-refractivity contribution in [2.45, 2.75) is 12.5 Å². The Hall–Kier alpha value is -2.63. The molecule has 0 spiro atoms. The van der Waals surface area contributed by atoms with Gasteiger partial charge in [0, 0.05) is 12.4 Å². The third-order valence-electron chi connectivity index (χ3n) is 2.80. The van der Waals surface area contributed by atoms with Crippen LogP contribution in [-0.2, 0) is 9.53 Å². The van der Waals surface area contributed by atoms with Crippen molar-refractivity contribution in [1.29, 1.82) is 0 Å². The van der Waals surface area contributed by atoms with Crippen LogP contribution in [0.1, 0.15) is 28.4 Å². The van der Waals surface area contributed by atoms with Gasteiger partial charge in [0.25, 0.3) is 5.91 Å². The number of nitrogens with zero attached hydrogens (tertiary/aromatic N) is 1. The number of carbonyl (C=O) groups is 2. The third-order valence-corrected chi connectivity index (χ3v) is 2.80. The zero-order valence-corrected chi connectivity index (χ0v) is 10.9. The van der Waals surface area contributed by atoms with E-state index >= 15 is 0 Å². The zero-order valence-electron chi connectivity index (χ0n) is 10.9. The maximum absolute atomic E-state index is 12.0. The Morgan fingerprint density at radius 2 is 2.10 bits per heavy atom. The van der Waals surface area contributed by atoms with Gasteiger partial charge in [0.15, 0.2) is 0 Å². The first-order chi connectivity index (χ1) is 9.70. The van der Waals surface area contributed by atoms with Crippen LogP contribution in [0.2, 0.25) is 0 Å². The Balaban J connectivity index is 2.14. The minimum Gasteiger partial charge on any atom is -0.472 e. The first-order valence-corrected chi connectivity index (χ1v) is 6.00. The predicted octanol–water partition coefficient (Wildman–Crippen LogP) is 1.71. The molecule has 0 aromatic carbocycles. The third kappa shape index (κ3) is 3.44. The van der Waals surface area contributed by atoms with Crippen molar-refractivity contribution in [2.24, 2.45) is 0 Å². The number of rotatable bonds is 5. The summed E-state index contributed by atoms with van der Waals surface area (Å²) in [5, 5.41) is 2.77. The molecular formula is C14H14N2O4. The molecule has 2 rings (SSSR count). The van der Waals surface area contributed by atoms with Crippen molar-refractivity contribution in [3.05, 3.63) is 54.2 Å². The second-order valence-corrected chi connectivity index (χ2v) is 4.10. The molecule has 1 atom stereocenters. The molecule has 0 unspecified atom stereocenters. The van der Waals surface area contributed by atoms with Crippen molar-refractivity contribution in [2.75, 3.05) is 7.11 Å². The number of pyridine rings is 1. The van der Waals surface area contributed by atoms with E-state index in [4.69, 9.17) is 4.42 Å². The van der Waals surface area contributed by atoms with Crippen molar-refractivity contribution in [3.8, 4) is 0 Å². The molecule has 2 heterocycles. The van der Waals surface area contributed by atoms with Crippen LogP contribution in [0.25, 0.3) is 0 Å². The van der Waals surface area contributed by atoms with Gasteiger partial charge < -0.3 is 14.5 Å². The predicted molar refractivity (Wildman–Crippen MR) is 69.8 cm³/mol. The number of nitrogens with one attached hydrogen (secondary N) is 1. The summed E-state index contributed by atoms with van der Waals surface area (Å²) in [6.45, 7) is 0. The van der Waals surface area contributed by atoms with E-state index in [1.54, 1.807) is 30.6 Å². The fraction of sp³-hybridized carbons (Fsp3) is 0.214.